The summed E-state index contributed by atoms with van der Waals surface area (Å²) in [5.74, 6) is 0. The Morgan fingerprint density at radius 3 is 2.72 bits per heavy atom. The van der Waals surface area contributed by atoms with E-state index in [1.807, 2.05) is 23.6 Å². The monoisotopic (exact) mass is 253 g/mol. The quantitative estimate of drug-likeness (QED) is 0.624. The van der Waals surface area contributed by atoms with Crippen LogP contribution in [0.15, 0.2) is 51.0 Å². The van der Waals surface area contributed by atoms with Crippen LogP contribution in [-0.4, -0.2) is 0 Å². The number of para-hydroxylation sites is 1. The fourth-order valence-electron chi connectivity index (χ4n) is 1.91. The summed E-state index contributed by atoms with van der Waals surface area (Å²) >= 11 is 1.42. The molecule has 0 aliphatic rings. The Morgan fingerprint density at radius 2 is 2.00 bits per heavy atom. The molecule has 0 radical (unpaired) electrons. The number of hydrogen-bond donors (Lipinski definition) is 0. The molecule has 1 aromatic carbocycles. The lowest BCUT2D eigenvalue weighted by Crippen LogP contribution is -2.05. The van der Waals surface area contributed by atoms with Gasteiger partial charge in [-0.2, -0.15) is 5.26 Å². The van der Waals surface area contributed by atoms with E-state index < -0.39 is 5.63 Å². The number of hydrogen-bond acceptors (Lipinski definition) is 4. The standard InChI is InChI=1S/C14H7NO2S/c15-8-10-9-4-1-2-5-11(9)17-14(16)13(10)12-6-3-7-18-12/h1-7H. The average Bonchev–Trinajstić information content (AvgIpc) is 2.90. The smallest absolute Gasteiger partial charge is 0.346 e. The van der Waals surface area contributed by atoms with Crippen molar-refractivity contribution >= 4 is 22.3 Å². The largest absolute Gasteiger partial charge is 0.422 e. The van der Waals surface area contributed by atoms with Crippen LogP contribution >= 0.6 is 11.3 Å². The van der Waals surface area contributed by atoms with E-state index in [9.17, 15) is 10.1 Å². The lowest BCUT2D eigenvalue weighted by Gasteiger charge is -2.03. The van der Waals surface area contributed by atoms with E-state index in [0.717, 1.165) is 4.88 Å². The first-order valence-corrected chi connectivity index (χ1v) is 6.19. The minimum absolute atomic E-state index is 0.353. The van der Waals surface area contributed by atoms with Gasteiger partial charge in [-0.25, -0.2) is 4.79 Å². The van der Waals surface area contributed by atoms with Crippen molar-refractivity contribution in [2.75, 3.05) is 0 Å². The van der Waals surface area contributed by atoms with Gasteiger partial charge in [-0.15, -0.1) is 11.3 Å². The molecular weight excluding hydrogens is 246 g/mol. The van der Waals surface area contributed by atoms with Crippen molar-refractivity contribution in [3.05, 3.63) is 57.8 Å². The summed E-state index contributed by atoms with van der Waals surface area (Å²) in [5.41, 5.74) is 0.711. The molecule has 2 heterocycles. The second kappa shape index (κ2) is 4.13. The molecule has 0 aliphatic carbocycles. The van der Waals surface area contributed by atoms with Gasteiger partial charge in [-0.3, -0.25) is 0 Å². The average molecular weight is 253 g/mol. The third kappa shape index (κ3) is 1.53. The molecular formula is C14H7NO2S. The highest BCUT2D eigenvalue weighted by molar-refractivity contribution is 7.13. The first kappa shape index (κ1) is 10.8. The van der Waals surface area contributed by atoms with E-state index in [4.69, 9.17) is 4.42 Å². The molecule has 0 fully saturated rings. The van der Waals surface area contributed by atoms with E-state index >= 15 is 0 Å². The van der Waals surface area contributed by atoms with Gasteiger partial charge >= 0.3 is 5.63 Å². The van der Waals surface area contributed by atoms with Crippen molar-refractivity contribution in [3.8, 4) is 16.5 Å². The molecule has 4 heteroatoms. The van der Waals surface area contributed by atoms with Crippen LogP contribution in [0.1, 0.15) is 5.56 Å². The minimum Gasteiger partial charge on any atom is -0.422 e. The normalized spacial score (nSPS) is 10.4. The lowest BCUT2D eigenvalue weighted by molar-refractivity contribution is 0.563. The third-order valence-electron chi connectivity index (χ3n) is 2.69. The van der Waals surface area contributed by atoms with Crippen LogP contribution in [0.4, 0.5) is 0 Å². The van der Waals surface area contributed by atoms with Crippen LogP contribution < -0.4 is 5.63 Å². The van der Waals surface area contributed by atoms with E-state index in [1.54, 1.807) is 18.2 Å². The first-order chi connectivity index (χ1) is 8.81. The van der Waals surface area contributed by atoms with E-state index in [1.165, 1.54) is 11.3 Å². The molecule has 86 valence electrons. The zero-order chi connectivity index (χ0) is 12.5. The number of benzene rings is 1. The van der Waals surface area contributed by atoms with Crippen molar-refractivity contribution in [2.24, 2.45) is 0 Å². The summed E-state index contributed by atoms with van der Waals surface area (Å²) in [6.07, 6.45) is 0. The van der Waals surface area contributed by atoms with Gasteiger partial charge in [0.25, 0.3) is 0 Å². The van der Waals surface area contributed by atoms with Crippen molar-refractivity contribution in [1.29, 1.82) is 5.26 Å². The van der Waals surface area contributed by atoms with Crippen LogP contribution in [-0.2, 0) is 0 Å². The molecule has 0 spiro atoms. The van der Waals surface area contributed by atoms with Crippen LogP contribution in [0.3, 0.4) is 0 Å². The molecule has 2 aromatic heterocycles. The second-order valence-corrected chi connectivity index (χ2v) is 4.67. The summed E-state index contributed by atoms with van der Waals surface area (Å²) in [4.78, 5) is 12.8. The van der Waals surface area contributed by atoms with Gasteiger partial charge in [0.05, 0.1) is 11.1 Å². The molecule has 0 bridgehead atoms. The summed E-state index contributed by atoms with van der Waals surface area (Å²) in [5, 5.41) is 11.8. The summed E-state index contributed by atoms with van der Waals surface area (Å²) in [6.45, 7) is 0. The van der Waals surface area contributed by atoms with Crippen LogP contribution in [0.2, 0.25) is 0 Å². The van der Waals surface area contributed by atoms with Crippen LogP contribution in [0.5, 0.6) is 0 Å². The Hall–Kier alpha value is -2.38. The fourth-order valence-corrected chi connectivity index (χ4v) is 2.67. The van der Waals surface area contributed by atoms with Gasteiger partial charge in [-0.1, -0.05) is 18.2 Å². The van der Waals surface area contributed by atoms with Gasteiger partial charge < -0.3 is 4.42 Å². The maximum atomic E-state index is 12.0. The van der Waals surface area contributed by atoms with Crippen molar-refractivity contribution < 1.29 is 4.42 Å². The molecule has 3 rings (SSSR count). The summed E-state index contributed by atoms with van der Waals surface area (Å²) in [7, 11) is 0. The molecule has 3 aromatic rings. The molecule has 0 aliphatic heterocycles. The molecule has 18 heavy (non-hydrogen) atoms. The van der Waals surface area contributed by atoms with Crippen LogP contribution in [0, 0.1) is 11.3 Å². The fraction of sp³-hybridized carbons (Fsp3) is 0. The zero-order valence-corrected chi connectivity index (χ0v) is 10.0. The number of nitriles is 1. The number of nitrogens with zero attached hydrogens (tertiary/aromatic N) is 1. The molecule has 0 saturated carbocycles. The lowest BCUT2D eigenvalue weighted by atomic mass is 10.0. The van der Waals surface area contributed by atoms with Gasteiger partial charge in [0, 0.05) is 10.3 Å². The Bertz CT molecular complexity index is 810. The Balaban J connectivity index is 2.50. The van der Waals surface area contributed by atoms with E-state index in [0.29, 0.717) is 22.1 Å². The maximum Gasteiger partial charge on any atom is 0.346 e. The van der Waals surface area contributed by atoms with Crippen LogP contribution in [0.25, 0.3) is 21.4 Å². The van der Waals surface area contributed by atoms with Gasteiger partial charge in [-0.05, 0) is 23.6 Å². The number of thiophene rings is 1. The Kier molecular flexibility index (Phi) is 2.47. The Morgan fingerprint density at radius 1 is 1.17 bits per heavy atom. The number of rotatable bonds is 1. The van der Waals surface area contributed by atoms with Gasteiger partial charge in [0.2, 0.25) is 0 Å². The van der Waals surface area contributed by atoms with Gasteiger partial charge in [0.1, 0.15) is 11.7 Å². The van der Waals surface area contributed by atoms with Crippen molar-refractivity contribution in [1.82, 2.24) is 0 Å². The molecule has 3 nitrogen and oxygen atoms in total. The zero-order valence-electron chi connectivity index (χ0n) is 9.21. The molecule has 0 amide bonds. The maximum absolute atomic E-state index is 12.0. The molecule has 0 unspecified atom stereocenters. The predicted octanol–water partition coefficient (Wildman–Crippen LogP) is 3.39. The third-order valence-corrected chi connectivity index (χ3v) is 3.58. The van der Waals surface area contributed by atoms with Crippen molar-refractivity contribution in [3.63, 3.8) is 0 Å². The molecule has 0 N–H and O–H groups in total. The highest BCUT2D eigenvalue weighted by atomic mass is 32.1. The highest BCUT2D eigenvalue weighted by Gasteiger charge is 2.16. The minimum atomic E-state index is -0.465. The van der Waals surface area contributed by atoms with E-state index in [-0.39, 0.29) is 0 Å². The highest BCUT2D eigenvalue weighted by Crippen LogP contribution is 2.29. The summed E-state index contributed by atoms with van der Waals surface area (Å²) < 4.78 is 5.26. The van der Waals surface area contributed by atoms with Gasteiger partial charge in [0.15, 0.2) is 0 Å². The topological polar surface area (TPSA) is 54.0 Å². The molecule has 0 atom stereocenters. The molecule has 0 saturated heterocycles. The number of fused-ring (bicyclic) bond motifs is 1. The first-order valence-electron chi connectivity index (χ1n) is 5.31. The van der Waals surface area contributed by atoms with Crippen molar-refractivity contribution in [2.45, 2.75) is 0 Å². The Labute approximate surface area is 107 Å². The van der Waals surface area contributed by atoms with E-state index in [2.05, 4.69) is 6.07 Å². The SMILES string of the molecule is N#Cc1c(-c2cccs2)c(=O)oc2ccccc12. The predicted molar refractivity (Wildman–Crippen MR) is 70.5 cm³/mol. The summed E-state index contributed by atoms with van der Waals surface area (Å²) in [6, 6.07) is 12.8. The second-order valence-electron chi connectivity index (χ2n) is 3.72.